The SMILES string of the molecule is O=C(CSC1NC(=O)C2CN(Cc3ccccc3)CCC2N1)Nc1ccc(Cl)cc1. The third-order valence-electron chi connectivity index (χ3n) is 5.43. The maximum atomic E-state index is 12.7. The van der Waals surface area contributed by atoms with E-state index < -0.39 is 0 Å². The number of carbonyl (C=O) groups is 2. The quantitative estimate of drug-likeness (QED) is 0.639. The Balaban J connectivity index is 1.24. The molecule has 2 aliphatic heterocycles. The van der Waals surface area contributed by atoms with Gasteiger partial charge in [-0.3, -0.25) is 19.8 Å². The van der Waals surface area contributed by atoms with Gasteiger partial charge in [0.05, 0.1) is 11.7 Å². The number of piperidine rings is 1. The van der Waals surface area contributed by atoms with Crippen molar-refractivity contribution in [2.75, 3.05) is 24.2 Å². The van der Waals surface area contributed by atoms with Crippen LogP contribution >= 0.6 is 23.4 Å². The zero-order valence-electron chi connectivity index (χ0n) is 16.5. The number of fused-ring (bicyclic) bond motifs is 1. The first-order valence-electron chi connectivity index (χ1n) is 10.1. The van der Waals surface area contributed by atoms with Gasteiger partial charge in [-0.05, 0) is 36.2 Å². The number of halogens is 1. The van der Waals surface area contributed by atoms with Gasteiger partial charge in [-0.1, -0.05) is 41.9 Å². The first-order chi connectivity index (χ1) is 14.6. The summed E-state index contributed by atoms with van der Waals surface area (Å²) >= 11 is 7.26. The highest BCUT2D eigenvalue weighted by Crippen LogP contribution is 2.25. The van der Waals surface area contributed by atoms with Crippen LogP contribution in [0.2, 0.25) is 5.02 Å². The van der Waals surface area contributed by atoms with Crippen molar-refractivity contribution in [2.45, 2.75) is 24.5 Å². The fourth-order valence-electron chi connectivity index (χ4n) is 3.92. The highest BCUT2D eigenvalue weighted by atomic mass is 35.5. The predicted molar refractivity (Wildman–Crippen MR) is 121 cm³/mol. The molecule has 0 spiro atoms. The Morgan fingerprint density at radius 3 is 2.70 bits per heavy atom. The molecule has 3 unspecified atom stereocenters. The summed E-state index contributed by atoms with van der Waals surface area (Å²) in [5, 5.41) is 9.98. The van der Waals surface area contributed by atoms with Crippen molar-refractivity contribution in [3.63, 3.8) is 0 Å². The molecule has 2 aromatic rings. The average Bonchev–Trinajstić information content (AvgIpc) is 2.75. The third-order valence-corrected chi connectivity index (χ3v) is 6.70. The summed E-state index contributed by atoms with van der Waals surface area (Å²) in [6.45, 7) is 2.55. The van der Waals surface area contributed by atoms with E-state index >= 15 is 0 Å². The number of hydrogen-bond acceptors (Lipinski definition) is 5. The van der Waals surface area contributed by atoms with Gasteiger partial charge in [0.1, 0.15) is 5.50 Å². The number of carbonyl (C=O) groups excluding carboxylic acids is 2. The van der Waals surface area contributed by atoms with Crippen molar-refractivity contribution in [1.29, 1.82) is 0 Å². The molecular weight excluding hydrogens is 420 g/mol. The van der Waals surface area contributed by atoms with E-state index in [1.807, 2.05) is 18.2 Å². The molecule has 0 bridgehead atoms. The van der Waals surface area contributed by atoms with Gasteiger partial charge in [-0.2, -0.15) is 0 Å². The van der Waals surface area contributed by atoms with Crippen molar-refractivity contribution in [2.24, 2.45) is 5.92 Å². The Morgan fingerprint density at radius 2 is 1.93 bits per heavy atom. The Kier molecular flexibility index (Phi) is 6.94. The molecule has 0 aliphatic carbocycles. The molecule has 8 heteroatoms. The third kappa shape index (κ3) is 5.55. The van der Waals surface area contributed by atoms with Crippen molar-refractivity contribution < 1.29 is 9.59 Å². The molecule has 158 valence electrons. The number of nitrogens with zero attached hydrogens (tertiary/aromatic N) is 1. The lowest BCUT2D eigenvalue weighted by Gasteiger charge is -2.43. The van der Waals surface area contributed by atoms with Crippen molar-refractivity contribution >= 4 is 40.9 Å². The molecule has 3 N–H and O–H groups in total. The molecule has 2 aliphatic rings. The van der Waals surface area contributed by atoms with Crippen LogP contribution in [0.25, 0.3) is 0 Å². The second-order valence-electron chi connectivity index (χ2n) is 7.64. The molecule has 2 saturated heterocycles. The predicted octanol–water partition coefficient (Wildman–Crippen LogP) is 2.91. The van der Waals surface area contributed by atoms with Gasteiger partial charge >= 0.3 is 0 Å². The number of benzene rings is 2. The summed E-state index contributed by atoms with van der Waals surface area (Å²) in [7, 11) is 0. The Hall–Kier alpha value is -2.06. The van der Waals surface area contributed by atoms with Gasteiger partial charge in [0.2, 0.25) is 11.8 Å². The monoisotopic (exact) mass is 444 g/mol. The van der Waals surface area contributed by atoms with Gasteiger partial charge in [0.25, 0.3) is 0 Å². The van der Waals surface area contributed by atoms with Crippen LogP contribution in [0.1, 0.15) is 12.0 Å². The summed E-state index contributed by atoms with van der Waals surface area (Å²) in [6.07, 6.45) is 0.916. The highest BCUT2D eigenvalue weighted by Gasteiger charge is 2.39. The van der Waals surface area contributed by atoms with Crippen LogP contribution in [0.3, 0.4) is 0 Å². The van der Waals surface area contributed by atoms with Gasteiger partial charge in [0.15, 0.2) is 0 Å². The zero-order chi connectivity index (χ0) is 20.9. The van der Waals surface area contributed by atoms with Crippen LogP contribution < -0.4 is 16.0 Å². The average molecular weight is 445 g/mol. The summed E-state index contributed by atoms with van der Waals surface area (Å²) in [6, 6.07) is 17.5. The number of rotatable bonds is 6. The molecule has 2 heterocycles. The molecule has 0 radical (unpaired) electrons. The molecule has 3 atom stereocenters. The summed E-state index contributed by atoms with van der Waals surface area (Å²) < 4.78 is 0. The number of nitrogens with one attached hydrogen (secondary N) is 3. The van der Waals surface area contributed by atoms with Crippen LogP contribution in [0, 0.1) is 5.92 Å². The maximum Gasteiger partial charge on any atom is 0.234 e. The van der Waals surface area contributed by atoms with E-state index in [2.05, 4.69) is 33.0 Å². The van der Waals surface area contributed by atoms with Crippen molar-refractivity contribution in [1.82, 2.24) is 15.5 Å². The van der Waals surface area contributed by atoms with E-state index in [0.29, 0.717) is 10.7 Å². The second kappa shape index (κ2) is 9.83. The van der Waals surface area contributed by atoms with Gasteiger partial charge in [0, 0.05) is 36.4 Å². The molecule has 2 amide bonds. The number of hydrogen-bond donors (Lipinski definition) is 3. The van der Waals surface area contributed by atoms with Crippen LogP contribution in [-0.2, 0) is 16.1 Å². The number of anilines is 1. The van der Waals surface area contributed by atoms with E-state index in [9.17, 15) is 9.59 Å². The number of thioether (sulfide) groups is 1. The van der Waals surface area contributed by atoms with E-state index in [-0.39, 0.29) is 35.0 Å². The highest BCUT2D eigenvalue weighted by molar-refractivity contribution is 8.00. The van der Waals surface area contributed by atoms with Crippen LogP contribution in [-0.4, -0.2) is 47.1 Å². The minimum absolute atomic E-state index is 0.0621. The molecule has 2 aromatic carbocycles. The van der Waals surface area contributed by atoms with Gasteiger partial charge in [-0.25, -0.2) is 0 Å². The van der Waals surface area contributed by atoms with Crippen LogP contribution in [0.15, 0.2) is 54.6 Å². The number of likely N-dealkylation sites (tertiary alicyclic amines) is 1. The topological polar surface area (TPSA) is 73.5 Å². The van der Waals surface area contributed by atoms with E-state index in [1.165, 1.54) is 17.3 Å². The fourth-order valence-corrected chi connectivity index (χ4v) is 4.91. The standard InChI is InChI=1S/C22H25ClN4O2S/c23-16-6-8-17(9-7-16)24-20(28)14-30-22-25-19-10-11-27(13-18(19)21(29)26-22)12-15-4-2-1-3-5-15/h1-9,18-19,22,25H,10-14H2,(H,24,28)(H,26,29). The minimum atomic E-state index is -0.254. The van der Waals surface area contributed by atoms with Gasteiger partial charge in [-0.15, -0.1) is 11.8 Å². The molecule has 2 fully saturated rings. The first kappa shape index (κ1) is 21.2. The Morgan fingerprint density at radius 1 is 1.17 bits per heavy atom. The largest absolute Gasteiger partial charge is 0.331 e. The molecule has 0 aromatic heterocycles. The first-order valence-corrected chi connectivity index (χ1v) is 11.5. The lowest BCUT2D eigenvalue weighted by Crippen LogP contribution is -2.64. The molecule has 30 heavy (non-hydrogen) atoms. The lowest BCUT2D eigenvalue weighted by atomic mass is 9.89. The van der Waals surface area contributed by atoms with Crippen LogP contribution in [0.4, 0.5) is 5.69 Å². The van der Waals surface area contributed by atoms with E-state index in [4.69, 9.17) is 11.6 Å². The minimum Gasteiger partial charge on any atom is -0.331 e. The smallest absolute Gasteiger partial charge is 0.234 e. The molecule has 6 nitrogen and oxygen atoms in total. The lowest BCUT2D eigenvalue weighted by molar-refractivity contribution is -0.130. The van der Waals surface area contributed by atoms with E-state index in [0.717, 1.165) is 26.1 Å². The molecular formula is C22H25ClN4O2S. The summed E-state index contributed by atoms with van der Waals surface area (Å²) in [5.41, 5.74) is 1.71. The normalized spacial score (nSPS) is 24.0. The van der Waals surface area contributed by atoms with Crippen LogP contribution in [0.5, 0.6) is 0 Å². The van der Waals surface area contributed by atoms with Gasteiger partial charge < -0.3 is 10.6 Å². The molecule has 4 rings (SSSR count). The zero-order valence-corrected chi connectivity index (χ0v) is 18.1. The Labute approximate surface area is 185 Å². The Bertz CT molecular complexity index is 880. The van der Waals surface area contributed by atoms with Crippen molar-refractivity contribution in [3.05, 3.63) is 65.2 Å². The van der Waals surface area contributed by atoms with E-state index in [1.54, 1.807) is 24.3 Å². The molecule has 0 saturated carbocycles. The number of amides is 2. The fraction of sp³-hybridized carbons (Fsp3) is 0.364. The maximum absolute atomic E-state index is 12.7. The second-order valence-corrected chi connectivity index (χ2v) is 9.17. The summed E-state index contributed by atoms with van der Waals surface area (Å²) in [5.74, 6) is 0.130. The summed E-state index contributed by atoms with van der Waals surface area (Å²) in [4.78, 5) is 27.2. The van der Waals surface area contributed by atoms with Crippen molar-refractivity contribution in [3.8, 4) is 0 Å².